The fraction of sp³-hybridized carbons (Fsp3) is 0.300. The predicted octanol–water partition coefficient (Wildman–Crippen LogP) is 2.77. The molecule has 29 heavy (non-hydrogen) atoms. The molecule has 7 nitrogen and oxygen atoms in total. The smallest absolute Gasteiger partial charge is 0.339 e. The SMILES string of the molecule is CN(C)S(=O)(=O)c1cc(C(=O)OC(C(=O)NC2CC2)c2ccccc2)ccc1Cl. The minimum atomic E-state index is -3.85. The molecule has 0 radical (unpaired) electrons. The minimum Gasteiger partial charge on any atom is -0.444 e. The first kappa shape index (κ1) is 21.3. The first-order valence-electron chi connectivity index (χ1n) is 8.98. The zero-order valence-corrected chi connectivity index (χ0v) is 17.5. The molecule has 0 bridgehead atoms. The van der Waals surface area contributed by atoms with E-state index >= 15 is 0 Å². The predicted molar refractivity (Wildman–Crippen MR) is 108 cm³/mol. The van der Waals surface area contributed by atoms with Crippen molar-refractivity contribution in [2.24, 2.45) is 0 Å². The third-order valence-electron chi connectivity index (χ3n) is 4.41. The van der Waals surface area contributed by atoms with Crippen LogP contribution < -0.4 is 5.32 Å². The van der Waals surface area contributed by atoms with E-state index in [-0.39, 0.29) is 21.5 Å². The van der Waals surface area contributed by atoms with Gasteiger partial charge >= 0.3 is 5.97 Å². The Kier molecular flexibility index (Phi) is 6.26. The van der Waals surface area contributed by atoms with Crippen molar-refractivity contribution >= 4 is 33.5 Å². The quantitative estimate of drug-likeness (QED) is 0.673. The van der Waals surface area contributed by atoms with Crippen LogP contribution in [-0.2, 0) is 19.6 Å². The molecule has 1 N–H and O–H groups in total. The van der Waals surface area contributed by atoms with Gasteiger partial charge in [0.25, 0.3) is 5.91 Å². The van der Waals surface area contributed by atoms with Gasteiger partial charge in [0.15, 0.2) is 0 Å². The van der Waals surface area contributed by atoms with Crippen LogP contribution in [0, 0.1) is 0 Å². The monoisotopic (exact) mass is 436 g/mol. The average molecular weight is 437 g/mol. The number of carbonyl (C=O) groups is 2. The summed E-state index contributed by atoms with van der Waals surface area (Å²) < 4.78 is 31.3. The largest absolute Gasteiger partial charge is 0.444 e. The number of nitrogens with one attached hydrogen (secondary N) is 1. The molecule has 1 atom stereocenters. The first-order valence-corrected chi connectivity index (χ1v) is 10.8. The van der Waals surface area contributed by atoms with Gasteiger partial charge in [-0.25, -0.2) is 17.5 Å². The second kappa shape index (κ2) is 8.52. The van der Waals surface area contributed by atoms with E-state index in [1.807, 2.05) is 0 Å². The summed E-state index contributed by atoms with van der Waals surface area (Å²) in [6, 6.07) is 12.6. The van der Waals surface area contributed by atoms with Crippen LogP contribution in [-0.4, -0.2) is 44.7 Å². The Labute approximate surface area is 174 Å². The van der Waals surface area contributed by atoms with Gasteiger partial charge in [0.2, 0.25) is 16.1 Å². The van der Waals surface area contributed by atoms with Crippen molar-refractivity contribution in [3.8, 4) is 0 Å². The number of hydrogen-bond acceptors (Lipinski definition) is 5. The lowest BCUT2D eigenvalue weighted by atomic mass is 10.1. The maximum atomic E-state index is 12.7. The zero-order chi connectivity index (χ0) is 21.2. The third-order valence-corrected chi connectivity index (χ3v) is 6.71. The lowest BCUT2D eigenvalue weighted by Crippen LogP contribution is -2.33. The van der Waals surface area contributed by atoms with E-state index in [4.69, 9.17) is 16.3 Å². The summed E-state index contributed by atoms with van der Waals surface area (Å²) in [5, 5.41) is 2.82. The van der Waals surface area contributed by atoms with Gasteiger partial charge in [0, 0.05) is 25.7 Å². The molecule has 1 fully saturated rings. The zero-order valence-electron chi connectivity index (χ0n) is 16.0. The van der Waals surface area contributed by atoms with Gasteiger partial charge in [0.1, 0.15) is 4.90 Å². The number of halogens is 1. The molecule has 2 aromatic rings. The maximum Gasteiger partial charge on any atom is 0.339 e. The van der Waals surface area contributed by atoms with Gasteiger partial charge in [-0.3, -0.25) is 4.79 Å². The number of hydrogen-bond donors (Lipinski definition) is 1. The number of carbonyl (C=O) groups excluding carboxylic acids is 2. The number of sulfonamides is 1. The van der Waals surface area contributed by atoms with Crippen LogP contribution in [0.2, 0.25) is 5.02 Å². The summed E-state index contributed by atoms with van der Waals surface area (Å²) in [7, 11) is -1.12. The average Bonchev–Trinajstić information content (AvgIpc) is 3.50. The van der Waals surface area contributed by atoms with E-state index in [0.717, 1.165) is 23.2 Å². The normalized spacial score (nSPS) is 15.0. The Balaban J connectivity index is 1.89. The molecule has 1 aliphatic rings. The second-order valence-electron chi connectivity index (χ2n) is 6.91. The molecule has 9 heteroatoms. The first-order chi connectivity index (χ1) is 13.7. The molecular formula is C20H21ClN2O5S. The Morgan fingerprint density at radius 2 is 1.79 bits per heavy atom. The molecule has 0 aliphatic heterocycles. The molecule has 1 saturated carbocycles. The summed E-state index contributed by atoms with van der Waals surface area (Å²) >= 11 is 6.02. The fourth-order valence-corrected chi connectivity index (χ4v) is 4.00. The van der Waals surface area contributed by atoms with Crippen LogP contribution in [0.1, 0.15) is 34.9 Å². The van der Waals surface area contributed by atoms with Crippen molar-refractivity contribution < 1.29 is 22.7 Å². The van der Waals surface area contributed by atoms with Crippen LogP contribution in [0.3, 0.4) is 0 Å². The molecule has 1 unspecified atom stereocenters. The van der Waals surface area contributed by atoms with Crippen LogP contribution in [0.25, 0.3) is 0 Å². The molecule has 0 heterocycles. The molecule has 2 aromatic carbocycles. The van der Waals surface area contributed by atoms with Crippen molar-refractivity contribution in [1.82, 2.24) is 9.62 Å². The van der Waals surface area contributed by atoms with Crippen LogP contribution >= 0.6 is 11.6 Å². The number of nitrogens with zero attached hydrogens (tertiary/aromatic N) is 1. The molecule has 3 rings (SSSR count). The topological polar surface area (TPSA) is 92.8 Å². The van der Waals surface area contributed by atoms with Crippen LogP contribution in [0.15, 0.2) is 53.4 Å². The third kappa shape index (κ3) is 4.95. The number of esters is 1. The van der Waals surface area contributed by atoms with Crippen molar-refractivity contribution in [2.75, 3.05) is 14.1 Å². The van der Waals surface area contributed by atoms with Gasteiger partial charge in [0.05, 0.1) is 10.6 Å². The summed E-state index contributed by atoms with van der Waals surface area (Å²) in [6.45, 7) is 0. The van der Waals surface area contributed by atoms with Gasteiger partial charge in [-0.1, -0.05) is 41.9 Å². The van der Waals surface area contributed by atoms with E-state index in [1.54, 1.807) is 30.3 Å². The Bertz CT molecular complexity index is 1020. The van der Waals surface area contributed by atoms with Gasteiger partial charge in [-0.2, -0.15) is 0 Å². The Hall–Kier alpha value is -2.42. The summed E-state index contributed by atoms with van der Waals surface area (Å²) in [5.74, 6) is -1.24. The minimum absolute atomic E-state index is 0.0127. The van der Waals surface area contributed by atoms with Gasteiger partial charge in [-0.05, 0) is 31.0 Å². The highest BCUT2D eigenvalue weighted by atomic mass is 35.5. The van der Waals surface area contributed by atoms with Crippen molar-refractivity contribution in [2.45, 2.75) is 29.9 Å². The van der Waals surface area contributed by atoms with Crippen LogP contribution in [0.4, 0.5) is 0 Å². The van der Waals surface area contributed by atoms with Crippen LogP contribution in [0.5, 0.6) is 0 Å². The molecule has 154 valence electrons. The van der Waals surface area contributed by atoms with E-state index in [2.05, 4.69) is 5.32 Å². The molecule has 1 amide bonds. The number of rotatable bonds is 7. The van der Waals surface area contributed by atoms with Crippen molar-refractivity contribution in [3.05, 3.63) is 64.7 Å². The van der Waals surface area contributed by atoms with E-state index in [0.29, 0.717) is 5.56 Å². The molecule has 0 spiro atoms. The second-order valence-corrected chi connectivity index (χ2v) is 9.44. The standard InChI is InChI=1S/C20H21ClN2O5S/c1-23(2)29(26,27)17-12-14(8-11-16(17)21)20(25)28-18(13-6-4-3-5-7-13)19(24)22-15-9-10-15/h3-8,11-12,15,18H,9-10H2,1-2H3,(H,22,24). The van der Waals surface area contributed by atoms with E-state index in [1.165, 1.54) is 26.2 Å². The summed E-state index contributed by atoms with van der Waals surface area (Å²) in [5.41, 5.74) is 0.504. The van der Waals surface area contributed by atoms with E-state index in [9.17, 15) is 18.0 Å². The van der Waals surface area contributed by atoms with Gasteiger partial charge in [-0.15, -0.1) is 0 Å². The molecular weight excluding hydrogens is 416 g/mol. The van der Waals surface area contributed by atoms with Gasteiger partial charge < -0.3 is 10.1 Å². The molecule has 0 aromatic heterocycles. The molecule has 1 aliphatic carbocycles. The highest BCUT2D eigenvalue weighted by Crippen LogP contribution is 2.27. The summed E-state index contributed by atoms with van der Waals surface area (Å²) in [6.07, 6.45) is 0.641. The fourth-order valence-electron chi connectivity index (χ4n) is 2.61. The summed E-state index contributed by atoms with van der Waals surface area (Å²) in [4.78, 5) is 25.1. The lowest BCUT2D eigenvalue weighted by molar-refractivity contribution is -0.130. The number of benzene rings is 2. The Morgan fingerprint density at radius 3 is 2.38 bits per heavy atom. The number of ether oxygens (including phenoxy) is 1. The maximum absolute atomic E-state index is 12.7. The number of amides is 1. The molecule has 0 saturated heterocycles. The van der Waals surface area contributed by atoms with Crippen molar-refractivity contribution in [1.29, 1.82) is 0 Å². The highest BCUT2D eigenvalue weighted by molar-refractivity contribution is 7.89. The Morgan fingerprint density at radius 1 is 1.14 bits per heavy atom. The van der Waals surface area contributed by atoms with Crippen molar-refractivity contribution in [3.63, 3.8) is 0 Å². The highest BCUT2D eigenvalue weighted by Gasteiger charge is 2.31. The lowest BCUT2D eigenvalue weighted by Gasteiger charge is -2.19. The van der Waals surface area contributed by atoms with E-state index < -0.39 is 28.0 Å².